The fraction of sp³-hybridized carbons (Fsp3) is 1.00. The molecule has 4 rings (SSSR count). The number of sulfone groups is 1. The summed E-state index contributed by atoms with van der Waals surface area (Å²) in [4.78, 5) is 0. The fourth-order valence-corrected chi connectivity index (χ4v) is 9.41. The van der Waals surface area contributed by atoms with Crippen LogP contribution in [-0.2, 0) is 9.84 Å². The Balaban J connectivity index is 1.75. The van der Waals surface area contributed by atoms with Crippen molar-refractivity contribution < 1.29 is 8.42 Å². The Hall–Kier alpha value is -0.0500. The molecule has 4 fully saturated rings. The molecule has 23 heavy (non-hydrogen) atoms. The lowest BCUT2D eigenvalue weighted by molar-refractivity contribution is -0.100. The molecule has 0 saturated heterocycles. The van der Waals surface area contributed by atoms with Gasteiger partial charge in [-0.05, 0) is 79.4 Å². The molecule has 2 nitrogen and oxygen atoms in total. The topological polar surface area (TPSA) is 34.1 Å². The van der Waals surface area contributed by atoms with E-state index in [0.717, 1.165) is 24.7 Å². The summed E-state index contributed by atoms with van der Waals surface area (Å²) in [7, 11) is -2.93. The van der Waals surface area contributed by atoms with E-state index in [0.29, 0.717) is 22.7 Å². The smallest absolute Gasteiger partial charge is 0.150 e. The van der Waals surface area contributed by atoms with Crippen LogP contribution in [-0.4, -0.2) is 19.9 Å². The first-order valence-electron chi connectivity index (χ1n) is 9.95. The van der Waals surface area contributed by atoms with Gasteiger partial charge in [0.25, 0.3) is 0 Å². The molecule has 0 unspecified atom stereocenters. The highest BCUT2D eigenvalue weighted by Crippen LogP contribution is 2.66. The Kier molecular flexibility index (Phi) is 3.73. The van der Waals surface area contributed by atoms with Gasteiger partial charge in [0.1, 0.15) is 0 Å². The van der Waals surface area contributed by atoms with E-state index in [2.05, 4.69) is 13.8 Å². The van der Waals surface area contributed by atoms with Crippen molar-refractivity contribution in [3.05, 3.63) is 0 Å². The van der Waals surface area contributed by atoms with Crippen molar-refractivity contribution in [2.75, 3.05) is 6.26 Å². The van der Waals surface area contributed by atoms with Gasteiger partial charge in [-0.25, -0.2) is 8.42 Å². The third-order valence-electron chi connectivity index (χ3n) is 8.90. The van der Waals surface area contributed by atoms with Crippen LogP contribution in [0, 0.1) is 34.5 Å². The molecule has 0 heterocycles. The maximum atomic E-state index is 12.6. The van der Waals surface area contributed by atoms with Gasteiger partial charge in [0.05, 0.1) is 5.25 Å². The Morgan fingerprint density at radius 2 is 1.57 bits per heavy atom. The van der Waals surface area contributed by atoms with Crippen LogP contribution in [0.3, 0.4) is 0 Å². The molecule has 132 valence electrons. The third-order valence-corrected chi connectivity index (χ3v) is 10.5. The van der Waals surface area contributed by atoms with Crippen molar-refractivity contribution in [3.63, 3.8) is 0 Å². The lowest BCUT2D eigenvalue weighted by Crippen LogP contribution is -2.57. The molecule has 0 aliphatic heterocycles. The second-order valence-electron chi connectivity index (χ2n) is 9.92. The van der Waals surface area contributed by atoms with Gasteiger partial charge in [-0.1, -0.05) is 33.1 Å². The zero-order chi connectivity index (χ0) is 16.5. The van der Waals surface area contributed by atoms with Gasteiger partial charge >= 0.3 is 0 Å². The van der Waals surface area contributed by atoms with Crippen LogP contribution in [0.25, 0.3) is 0 Å². The van der Waals surface area contributed by atoms with Gasteiger partial charge in [0.2, 0.25) is 0 Å². The van der Waals surface area contributed by atoms with Crippen molar-refractivity contribution in [3.8, 4) is 0 Å². The summed E-state index contributed by atoms with van der Waals surface area (Å²) in [6.07, 6.45) is 14.3. The van der Waals surface area contributed by atoms with Crippen LogP contribution in [0.5, 0.6) is 0 Å². The molecular formula is C20H34O2S. The molecular weight excluding hydrogens is 304 g/mol. The van der Waals surface area contributed by atoms with Crippen LogP contribution < -0.4 is 0 Å². The van der Waals surface area contributed by atoms with E-state index in [-0.39, 0.29) is 5.25 Å². The van der Waals surface area contributed by atoms with E-state index < -0.39 is 9.84 Å². The second kappa shape index (κ2) is 5.22. The van der Waals surface area contributed by atoms with Crippen LogP contribution >= 0.6 is 0 Å². The molecule has 7 atom stereocenters. The van der Waals surface area contributed by atoms with Crippen LogP contribution in [0.15, 0.2) is 0 Å². The Bertz CT molecular complexity index is 582. The Labute approximate surface area is 142 Å². The van der Waals surface area contributed by atoms with Gasteiger partial charge in [0, 0.05) is 6.26 Å². The van der Waals surface area contributed by atoms with Crippen LogP contribution in [0.2, 0.25) is 0 Å². The summed E-state index contributed by atoms with van der Waals surface area (Å²) in [5.41, 5.74) is 0.805. The van der Waals surface area contributed by atoms with Crippen molar-refractivity contribution in [1.82, 2.24) is 0 Å². The largest absolute Gasteiger partial charge is 0.229 e. The molecule has 0 aromatic heterocycles. The lowest BCUT2D eigenvalue weighted by Gasteiger charge is -2.61. The van der Waals surface area contributed by atoms with Gasteiger partial charge in [-0.15, -0.1) is 0 Å². The highest BCUT2D eigenvalue weighted by Gasteiger charge is 2.60. The standard InChI is InChI=1S/C20H34O2S/c1-19-10-6-8-15(19)14-13-18(23(3,21)22)17-7-4-5-11-20(17,2)16(14)9-12-19/h14-18H,4-13H2,1-3H3/t14-,15-,16-,17+,18-,19-,20+/m0/s1. The minimum atomic E-state index is -2.93. The van der Waals surface area contributed by atoms with Gasteiger partial charge < -0.3 is 0 Å². The summed E-state index contributed by atoms with van der Waals surface area (Å²) in [6.45, 7) is 4.98. The van der Waals surface area contributed by atoms with Crippen molar-refractivity contribution >= 4 is 9.84 Å². The minimum Gasteiger partial charge on any atom is -0.229 e. The van der Waals surface area contributed by atoms with E-state index in [9.17, 15) is 8.42 Å². The summed E-state index contributed by atoms with van der Waals surface area (Å²) in [6, 6.07) is 0. The van der Waals surface area contributed by atoms with Gasteiger partial charge in [0.15, 0.2) is 9.84 Å². The maximum absolute atomic E-state index is 12.6. The molecule has 0 aromatic rings. The summed E-state index contributed by atoms with van der Waals surface area (Å²) < 4.78 is 25.3. The molecule has 3 heteroatoms. The number of rotatable bonds is 1. The summed E-state index contributed by atoms with van der Waals surface area (Å²) in [5, 5.41) is -0.0583. The first-order valence-corrected chi connectivity index (χ1v) is 11.9. The highest BCUT2D eigenvalue weighted by atomic mass is 32.2. The fourth-order valence-electron chi connectivity index (χ4n) is 7.79. The van der Waals surface area contributed by atoms with Crippen molar-refractivity contribution in [2.24, 2.45) is 34.5 Å². The highest BCUT2D eigenvalue weighted by molar-refractivity contribution is 7.91. The van der Waals surface area contributed by atoms with Crippen LogP contribution in [0.1, 0.15) is 78.1 Å². The summed E-state index contributed by atoms with van der Waals surface area (Å²) in [5.74, 6) is 2.70. The zero-order valence-electron chi connectivity index (χ0n) is 15.2. The predicted octanol–water partition coefficient (Wildman–Crippen LogP) is 4.83. The Morgan fingerprint density at radius 1 is 0.826 bits per heavy atom. The third kappa shape index (κ3) is 2.35. The number of hydrogen-bond donors (Lipinski definition) is 0. The van der Waals surface area contributed by atoms with Gasteiger partial charge in [-0.2, -0.15) is 0 Å². The normalized spacial score (nSPS) is 53.3. The molecule has 0 N–H and O–H groups in total. The number of fused-ring (bicyclic) bond motifs is 5. The monoisotopic (exact) mass is 338 g/mol. The number of hydrogen-bond acceptors (Lipinski definition) is 2. The first-order chi connectivity index (χ1) is 10.8. The van der Waals surface area contributed by atoms with E-state index in [1.807, 2.05) is 0 Å². The van der Waals surface area contributed by atoms with Crippen molar-refractivity contribution in [1.29, 1.82) is 0 Å². The van der Waals surface area contributed by atoms with E-state index in [1.54, 1.807) is 0 Å². The van der Waals surface area contributed by atoms with E-state index in [1.165, 1.54) is 57.6 Å². The molecule has 4 aliphatic carbocycles. The average molecular weight is 339 g/mol. The molecule has 0 bridgehead atoms. The van der Waals surface area contributed by atoms with Crippen LogP contribution in [0.4, 0.5) is 0 Å². The Morgan fingerprint density at radius 3 is 2.30 bits per heavy atom. The van der Waals surface area contributed by atoms with E-state index in [4.69, 9.17) is 0 Å². The molecule has 0 radical (unpaired) electrons. The average Bonchev–Trinajstić information content (AvgIpc) is 2.86. The van der Waals surface area contributed by atoms with Crippen molar-refractivity contribution in [2.45, 2.75) is 83.3 Å². The maximum Gasteiger partial charge on any atom is 0.150 e. The molecule has 4 saturated carbocycles. The lowest BCUT2D eigenvalue weighted by atomic mass is 9.45. The molecule has 4 aliphatic rings. The van der Waals surface area contributed by atoms with Gasteiger partial charge in [-0.3, -0.25) is 0 Å². The quantitative estimate of drug-likeness (QED) is 0.686. The molecule has 0 amide bonds. The molecule has 0 spiro atoms. The first kappa shape index (κ1) is 16.4. The predicted molar refractivity (Wildman–Crippen MR) is 95.0 cm³/mol. The zero-order valence-corrected chi connectivity index (χ0v) is 16.0. The second-order valence-corrected chi connectivity index (χ2v) is 12.2. The van der Waals surface area contributed by atoms with E-state index >= 15 is 0 Å². The minimum absolute atomic E-state index is 0.0583. The summed E-state index contributed by atoms with van der Waals surface area (Å²) >= 11 is 0. The SMILES string of the molecule is C[C@@]12CCC[C@H]1[C@@H]1C[C@H](S(C)(=O)=O)[C@H]3CCCC[C@]3(C)[C@H]1CC2. The molecule has 0 aromatic carbocycles.